The summed E-state index contributed by atoms with van der Waals surface area (Å²) in [5.74, 6) is 0.300. The minimum Gasteiger partial charge on any atom is -0.392 e. The van der Waals surface area contributed by atoms with Crippen molar-refractivity contribution in [1.82, 2.24) is 9.88 Å². The monoisotopic (exact) mass is 236 g/mol. The fourth-order valence-corrected chi connectivity index (χ4v) is 1.70. The third kappa shape index (κ3) is 4.84. The number of hydrogen-bond donors (Lipinski definition) is 1. The Morgan fingerprint density at radius 2 is 2.06 bits per heavy atom. The number of nitrogens with zero attached hydrogens (tertiary/aromatic N) is 2. The molecule has 1 heterocycles. The van der Waals surface area contributed by atoms with Crippen LogP contribution in [-0.2, 0) is 6.54 Å². The molecular formula is C14H24N2O. The van der Waals surface area contributed by atoms with E-state index in [0.717, 1.165) is 24.5 Å². The molecule has 0 fully saturated rings. The molecule has 0 aliphatic rings. The van der Waals surface area contributed by atoms with E-state index >= 15 is 0 Å². The van der Waals surface area contributed by atoms with Crippen LogP contribution < -0.4 is 0 Å². The van der Waals surface area contributed by atoms with Crippen LogP contribution in [0.5, 0.6) is 0 Å². The lowest BCUT2D eigenvalue weighted by Gasteiger charge is -2.25. The zero-order valence-corrected chi connectivity index (χ0v) is 11.3. The van der Waals surface area contributed by atoms with Gasteiger partial charge in [0, 0.05) is 18.8 Å². The number of aryl methyl sites for hydroxylation is 1. The van der Waals surface area contributed by atoms with Crippen LogP contribution in [0.15, 0.2) is 18.2 Å². The van der Waals surface area contributed by atoms with E-state index in [0.29, 0.717) is 12.5 Å². The Kier molecular flexibility index (Phi) is 5.59. The lowest BCUT2D eigenvalue weighted by Crippen LogP contribution is -2.34. The van der Waals surface area contributed by atoms with E-state index < -0.39 is 0 Å². The summed E-state index contributed by atoms with van der Waals surface area (Å²) in [6, 6.07) is 6.07. The maximum atomic E-state index is 9.90. The van der Waals surface area contributed by atoms with Crippen LogP contribution in [-0.4, -0.2) is 34.2 Å². The van der Waals surface area contributed by atoms with Gasteiger partial charge in [0.25, 0.3) is 0 Å². The van der Waals surface area contributed by atoms with Gasteiger partial charge in [0.05, 0.1) is 11.8 Å². The predicted octanol–water partition coefficient (Wildman–Crippen LogP) is 2.23. The molecule has 1 aromatic rings. The van der Waals surface area contributed by atoms with Crippen LogP contribution in [0.2, 0.25) is 0 Å². The van der Waals surface area contributed by atoms with Gasteiger partial charge in [-0.3, -0.25) is 9.88 Å². The minimum atomic E-state index is -0.264. The number of aliphatic hydroxyl groups is 1. The van der Waals surface area contributed by atoms with Crippen LogP contribution in [0.25, 0.3) is 0 Å². The summed E-state index contributed by atoms with van der Waals surface area (Å²) in [6.45, 7) is 10.7. The number of likely N-dealkylation sites (N-methyl/N-ethyl adjacent to an activating group) is 1. The number of rotatable bonds is 6. The molecule has 1 atom stereocenters. The molecule has 1 N–H and O–H groups in total. The molecule has 3 nitrogen and oxygen atoms in total. The Morgan fingerprint density at radius 1 is 1.35 bits per heavy atom. The first-order valence-corrected chi connectivity index (χ1v) is 6.36. The van der Waals surface area contributed by atoms with E-state index in [1.54, 1.807) is 0 Å². The summed E-state index contributed by atoms with van der Waals surface area (Å²) in [5.41, 5.74) is 2.12. The largest absolute Gasteiger partial charge is 0.392 e. The quantitative estimate of drug-likeness (QED) is 0.823. The number of pyridine rings is 1. The number of aromatic nitrogens is 1. The highest BCUT2D eigenvalue weighted by Crippen LogP contribution is 2.07. The third-order valence-corrected chi connectivity index (χ3v) is 2.99. The van der Waals surface area contributed by atoms with Crippen LogP contribution in [0.1, 0.15) is 32.2 Å². The van der Waals surface area contributed by atoms with Gasteiger partial charge in [-0.25, -0.2) is 0 Å². The van der Waals surface area contributed by atoms with Crippen molar-refractivity contribution < 1.29 is 5.11 Å². The molecule has 0 saturated carbocycles. The molecule has 0 bridgehead atoms. The van der Waals surface area contributed by atoms with E-state index in [1.807, 2.05) is 39.0 Å². The Balaban J connectivity index is 2.58. The predicted molar refractivity (Wildman–Crippen MR) is 70.8 cm³/mol. The third-order valence-electron chi connectivity index (χ3n) is 2.99. The fourth-order valence-electron chi connectivity index (χ4n) is 1.70. The summed E-state index contributed by atoms with van der Waals surface area (Å²) >= 11 is 0. The van der Waals surface area contributed by atoms with Gasteiger partial charge in [0.15, 0.2) is 0 Å². The molecule has 1 unspecified atom stereocenters. The van der Waals surface area contributed by atoms with Crippen LogP contribution in [0.4, 0.5) is 0 Å². The lowest BCUT2D eigenvalue weighted by molar-refractivity contribution is 0.0749. The normalized spacial score (nSPS) is 13.4. The van der Waals surface area contributed by atoms with Crippen molar-refractivity contribution in [3.8, 4) is 0 Å². The number of hydrogen-bond acceptors (Lipinski definition) is 3. The van der Waals surface area contributed by atoms with Crippen molar-refractivity contribution in [3.63, 3.8) is 0 Å². The van der Waals surface area contributed by atoms with Crippen LogP contribution >= 0.6 is 0 Å². The van der Waals surface area contributed by atoms with Gasteiger partial charge in [0.2, 0.25) is 0 Å². The van der Waals surface area contributed by atoms with Crippen molar-refractivity contribution in [3.05, 3.63) is 29.6 Å². The average molecular weight is 236 g/mol. The molecule has 96 valence electrons. The Morgan fingerprint density at radius 3 is 2.59 bits per heavy atom. The SMILES string of the molecule is CCN(Cc1cccc(C)n1)CC(O)C(C)C. The highest BCUT2D eigenvalue weighted by Gasteiger charge is 2.14. The standard InChI is InChI=1S/C14H24N2O/c1-5-16(10-14(17)11(2)3)9-13-8-6-7-12(4)15-13/h6-8,11,14,17H,5,9-10H2,1-4H3. The molecule has 0 amide bonds. The summed E-state index contributed by atoms with van der Waals surface area (Å²) in [6.07, 6.45) is -0.264. The molecule has 0 aliphatic carbocycles. The smallest absolute Gasteiger partial charge is 0.0690 e. The van der Waals surface area contributed by atoms with Gasteiger partial charge in [-0.15, -0.1) is 0 Å². The highest BCUT2D eigenvalue weighted by molar-refractivity contribution is 5.09. The average Bonchev–Trinajstić information content (AvgIpc) is 2.27. The fraction of sp³-hybridized carbons (Fsp3) is 0.643. The van der Waals surface area contributed by atoms with Crippen molar-refractivity contribution >= 4 is 0 Å². The van der Waals surface area contributed by atoms with Gasteiger partial charge in [0.1, 0.15) is 0 Å². The van der Waals surface area contributed by atoms with Crippen LogP contribution in [0.3, 0.4) is 0 Å². The lowest BCUT2D eigenvalue weighted by atomic mass is 10.1. The van der Waals surface area contributed by atoms with E-state index in [4.69, 9.17) is 0 Å². The van der Waals surface area contributed by atoms with E-state index in [-0.39, 0.29) is 6.10 Å². The maximum absolute atomic E-state index is 9.90. The van der Waals surface area contributed by atoms with Gasteiger partial charge < -0.3 is 5.11 Å². The molecule has 0 saturated heterocycles. The van der Waals surface area contributed by atoms with E-state index in [9.17, 15) is 5.11 Å². The summed E-state index contributed by atoms with van der Waals surface area (Å²) in [4.78, 5) is 6.72. The molecular weight excluding hydrogens is 212 g/mol. The first-order valence-electron chi connectivity index (χ1n) is 6.36. The highest BCUT2D eigenvalue weighted by atomic mass is 16.3. The minimum absolute atomic E-state index is 0.264. The molecule has 3 heteroatoms. The Hall–Kier alpha value is -0.930. The number of aliphatic hydroxyl groups excluding tert-OH is 1. The zero-order chi connectivity index (χ0) is 12.8. The molecule has 0 radical (unpaired) electrons. The van der Waals surface area contributed by atoms with Gasteiger partial charge in [-0.05, 0) is 31.5 Å². The van der Waals surface area contributed by atoms with E-state index in [2.05, 4.69) is 16.8 Å². The molecule has 1 rings (SSSR count). The molecule has 0 aliphatic heterocycles. The summed E-state index contributed by atoms with van der Waals surface area (Å²) < 4.78 is 0. The second-order valence-corrected chi connectivity index (χ2v) is 4.91. The van der Waals surface area contributed by atoms with Crippen molar-refractivity contribution in [2.45, 2.75) is 40.3 Å². The van der Waals surface area contributed by atoms with Crippen molar-refractivity contribution in [2.75, 3.05) is 13.1 Å². The first kappa shape index (κ1) is 14.1. The summed E-state index contributed by atoms with van der Waals surface area (Å²) in [5, 5.41) is 9.90. The van der Waals surface area contributed by atoms with Crippen LogP contribution in [0, 0.1) is 12.8 Å². The van der Waals surface area contributed by atoms with Gasteiger partial charge >= 0.3 is 0 Å². The van der Waals surface area contributed by atoms with Gasteiger partial charge in [-0.2, -0.15) is 0 Å². The molecule has 0 aromatic carbocycles. The molecule has 0 spiro atoms. The maximum Gasteiger partial charge on any atom is 0.0690 e. The summed E-state index contributed by atoms with van der Waals surface area (Å²) in [7, 11) is 0. The zero-order valence-electron chi connectivity index (χ0n) is 11.3. The molecule has 1 aromatic heterocycles. The van der Waals surface area contributed by atoms with Crippen molar-refractivity contribution in [1.29, 1.82) is 0 Å². The van der Waals surface area contributed by atoms with Gasteiger partial charge in [-0.1, -0.05) is 26.8 Å². The second kappa shape index (κ2) is 6.72. The first-order chi connectivity index (χ1) is 8.02. The van der Waals surface area contributed by atoms with Crippen molar-refractivity contribution in [2.24, 2.45) is 5.92 Å². The Bertz CT molecular complexity index is 339. The van der Waals surface area contributed by atoms with E-state index in [1.165, 1.54) is 0 Å². The second-order valence-electron chi connectivity index (χ2n) is 4.91. The topological polar surface area (TPSA) is 36.4 Å². The molecule has 17 heavy (non-hydrogen) atoms. The Labute approximate surface area is 104 Å².